The zero-order valence-electron chi connectivity index (χ0n) is 12.3. The summed E-state index contributed by atoms with van der Waals surface area (Å²) in [6.45, 7) is 3.08. The quantitative estimate of drug-likeness (QED) is 0.908. The lowest BCUT2D eigenvalue weighted by atomic mass is 10.2. The highest BCUT2D eigenvalue weighted by Crippen LogP contribution is 2.17. The fourth-order valence-electron chi connectivity index (χ4n) is 2.02. The molecule has 0 aliphatic rings. The molecule has 2 aromatic rings. The van der Waals surface area contributed by atoms with Gasteiger partial charge in [0.05, 0.1) is 18.3 Å². The molecule has 6 heteroatoms. The van der Waals surface area contributed by atoms with Crippen molar-refractivity contribution in [2.45, 2.75) is 19.9 Å². The molecule has 0 unspecified atom stereocenters. The summed E-state index contributed by atoms with van der Waals surface area (Å²) in [4.78, 5) is 18.3. The van der Waals surface area contributed by atoms with Gasteiger partial charge in [0.25, 0.3) is 0 Å². The molecule has 0 aliphatic heterocycles. The summed E-state index contributed by atoms with van der Waals surface area (Å²) in [7, 11) is 0. The van der Waals surface area contributed by atoms with Gasteiger partial charge in [0.15, 0.2) is 0 Å². The van der Waals surface area contributed by atoms with Crippen molar-refractivity contribution in [2.75, 3.05) is 12.3 Å². The van der Waals surface area contributed by atoms with E-state index in [9.17, 15) is 4.79 Å². The Hall–Kier alpha value is -1.78. The largest absolute Gasteiger partial charge is 0.397 e. The first kappa shape index (κ1) is 18.3. The maximum Gasteiger partial charge on any atom is 0.228 e. The number of carbonyl (C=O) groups is 1. The van der Waals surface area contributed by atoms with Gasteiger partial charge in [-0.25, -0.2) is 0 Å². The zero-order chi connectivity index (χ0) is 15.2. The monoisotopic (exact) mass is 339 g/mol. The Morgan fingerprint density at radius 1 is 1.27 bits per heavy atom. The number of pyridine rings is 1. The molecule has 0 radical (unpaired) electrons. The standard InChI is InChI=1S/C16H18ClN3O.ClH/c1-2-20(11-12-5-3-4-6-15(12)17)16(21)9-14-8-7-13(18)10-19-14;/h3-8,10H,2,9,11,18H2,1H3;1H. The smallest absolute Gasteiger partial charge is 0.228 e. The van der Waals surface area contributed by atoms with E-state index in [-0.39, 0.29) is 24.7 Å². The number of nitrogens with zero attached hydrogens (tertiary/aromatic N) is 2. The van der Waals surface area contributed by atoms with Gasteiger partial charge in [0, 0.05) is 23.8 Å². The predicted molar refractivity (Wildman–Crippen MR) is 92.1 cm³/mol. The molecule has 0 aliphatic carbocycles. The molecule has 2 N–H and O–H groups in total. The van der Waals surface area contributed by atoms with Crippen LogP contribution in [0.1, 0.15) is 18.2 Å². The van der Waals surface area contributed by atoms with E-state index in [2.05, 4.69) is 4.98 Å². The Morgan fingerprint density at radius 3 is 2.59 bits per heavy atom. The van der Waals surface area contributed by atoms with Gasteiger partial charge >= 0.3 is 0 Å². The van der Waals surface area contributed by atoms with Crippen LogP contribution in [0.2, 0.25) is 5.02 Å². The van der Waals surface area contributed by atoms with Crippen molar-refractivity contribution < 1.29 is 4.79 Å². The van der Waals surface area contributed by atoms with Crippen LogP contribution < -0.4 is 5.73 Å². The van der Waals surface area contributed by atoms with Crippen molar-refractivity contribution in [2.24, 2.45) is 0 Å². The third-order valence-electron chi connectivity index (χ3n) is 3.23. The molecule has 1 heterocycles. The van der Waals surface area contributed by atoms with E-state index in [4.69, 9.17) is 17.3 Å². The van der Waals surface area contributed by atoms with Crippen LogP contribution in [0.15, 0.2) is 42.6 Å². The van der Waals surface area contributed by atoms with E-state index in [1.54, 1.807) is 23.2 Å². The Morgan fingerprint density at radius 2 is 2.00 bits per heavy atom. The second-order valence-corrected chi connectivity index (χ2v) is 5.17. The summed E-state index contributed by atoms with van der Waals surface area (Å²) in [5.74, 6) is 0.0229. The highest BCUT2D eigenvalue weighted by Gasteiger charge is 2.14. The first-order chi connectivity index (χ1) is 10.1. The number of likely N-dealkylation sites (N-methyl/N-ethyl adjacent to an activating group) is 1. The van der Waals surface area contributed by atoms with Gasteiger partial charge in [0.2, 0.25) is 5.91 Å². The van der Waals surface area contributed by atoms with Crippen molar-refractivity contribution >= 4 is 35.6 Å². The van der Waals surface area contributed by atoms with Crippen molar-refractivity contribution in [3.8, 4) is 0 Å². The van der Waals surface area contributed by atoms with Crippen LogP contribution in [0.4, 0.5) is 5.69 Å². The average Bonchev–Trinajstić information content (AvgIpc) is 2.48. The number of hydrogen-bond donors (Lipinski definition) is 1. The van der Waals surface area contributed by atoms with Crippen LogP contribution in [0, 0.1) is 0 Å². The SMILES string of the molecule is CCN(Cc1ccccc1Cl)C(=O)Cc1ccc(N)cn1.Cl. The molecule has 0 bridgehead atoms. The second kappa shape index (κ2) is 8.61. The zero-order valence-corrected chi connectivity index (χ0v) is 13.9. The van der Waals surface area contributed by atoms with Gasteiger partial charge in [-0.1, -0.05) is 29.8 Å². The molecule has 0 saturated heterocycles. The molecule has 0 fully saturated rings. The third kappa shape index (κ3) is 4.90. The van der Waals surface area contributed by atoms with Crippen molar-refractivity contribution in [1.29, 1.82) is 0 Å². The number of aromatic nitrogens is 1. The fourth-order valence-corrected chi connectivity index (χ4v) is 2.21. The van der Waals surface area contributed by atoms with Crippen molar-refractivity contribution in [3.05, 3.63) is 58.9 Å². The van der Waals surface area contributed by atoms with E-state index in [0.717, 1.165) is 5.56 Å². The summed E-state index contributed by atoms with van der Waals surface area (Å²) in [5, 5.41) is 0.675. The molecule has 1 aromatic heterocycles. The minimum atomic E-state index is 0. The molecular formula is C16H19Cl2N3O. The molecule has 1 aromatic carbocycles. The number of rotatable bonds is 5. The molecule has 118 valence electrons. The molecule has 0 atom stereocenters. The van der Waals surface area contributed by atoms with Crippen molar-refractivity contribution in [1.82, 2.24) is 9.88 Å². The van der Waals surface area contributed by atoms with Gasteiger partial charge in [-0.05, 0) is 30.7 Å². The van der Waals surface area contributed by atoms with Crippen LogP contribution >= 0.6 is 24.0 Å². The normalized spacial score (nSPS) is 9.91. The first-order valence-electron chi connectivity index (χ1n) is 6.81. The number of nitrogen functional groups attached to an aromatic ring is 1. The van der Waals surface area contributed by atoms with Crippen molar-refractivity contribution in [3.63, 3.8) is 0 Å². The Bertz CT molecular complexity index is 617. The molecule has 0 spiro atoms. The van der Waals surface area contributed by atoms with Crippen LogP contribution in [0.5, 0.6) is 0 Å². The van der Waals surface area contributed by atoms with Crippen LogP contribution in [0.3, 0.4) is 0 Å². The molecule has 4 nitrogen and oxygen atoms in total. The maximum absolute atomic E-state index is 12.4. The molecular weight excluding hydrogens is 321 g/mol. The summed E-state index contributed by atoms with van der Waals surface area (Å²) in [5.41, 5.74) is 7.84. The topological polar surface area (TPSA) is 59.2 Å². The molecule has 2 rings (SSSR count). The third-order valence-corrected chi connectivity index (χ3v) is 3.60. The number of amides is 1. The van der Waals surface area contributed by atoms with E-state index >= 15 is 0 Å². The summed E-state index contributed by atoms with van der Waals surface area (Å²) >= 11 is 6.14. The fraction of sp³-hybridized carbons (Fsp3) is 0.250. The number of nitrogens with two attached hydrogens (primary N) is 1. The Balaban J connectivity index is 0.00000242. The van der Waals surface area contributed by atoms with Crippen LogP contribution in [-0.2, 0) is 17.8 Å². The minimum absolute atomic E-state index is 0. The number of halogens is 2. The van der Waals surface area contributed by atoms with E-state index < -0.39 is 0 Å². The second-order valence-electron chi connectivity index (χ2n) is 4.76. The summed E-state index contributed by atoms with van der Waals surface area (Å²) in [6.07, 6.45) is 1.82. The predicted octanol–water partition coefficient (Wildman–Crippen LogP) is 3.33. The highest BCUT2D eigenvalue weighted by molar-refractivity contribution is 6.31. The van der Waals surface area contributed by atoms with Gasteiger partial charge in [-0.3, -0.25) is 9.78 Å². The van der Waals surface area contributed by atoms with Crippen LogP contribution in [-0.4, -0.2) is 22.3 Å². The lowest BCUT2D eigenvalue weighted by Crippen LogP contribution is -2.31. The lowest BCUT2D eigenvalue weighted by molar-refractivity contribution is -0.130. The molecule has 1 amide bonds. The van der Waals surface area contributed by atoms with E-state index in [0.29, 0.717) is 29.5 Å². The number of benzene rings is 1. The first-order valence-corrected chi connectivity index (χ1v) is 7.19. The average molecular weight is 340 g/mol. The molecule has 0 saturated carbocycles. The van der Waals surface area contributed by atoms with Gasteiger partial charge in [0.1, 0.15) is 0 Å². The number of anilines is 1. The van der Waals surface area contributed by atoms with E-state index in [1.165, 1.54) is 0 Å². The highest BCUT2D eigenvalue weighted by atomic mass is 35.5. The maximum atomic E-state index is 12.4. The summed E-state index contributed by atoms with van der Waals surface area (Å²) in [6, 6.07) is 11.1. The minimum Gasteiger partial charge on any atom is -0.397 e. The van der Waals surface area contributed by atoms with Gasteiger partial charge < -0.3 is 10.6 Å². The number of carbonyl (C=O) groups excluding carboxylic acids is 1. The number of hydrogen-bond acceptors (Lipinski definition) is 3. The lowest BCUT2D eigenvalue weighted by Gasteiger charge is -2.21. The molecule has 22 heavy (non-hydrogen) atoms. The Kier molecular flexibility index (Phi) is 7.15. The Labute approximate surface area is 141 Å². The van der Waals surface area contributed by atoms with Gasteiger partial charge in [-0.15, -0.1) is 12.4 Å². The summed E-state index contributed by atoms with van der Waals surface area (Å²) < 4.78 is 0. The van der Waals surface area contributed by atoms with Gasteiger partial charge in [-0.2, -0.15) is 0 Å². The van der Waals surface area contributed by atoms with E-state index in [1.807, 2.05) is 31.2 Å². The van der Waals surface area contributed by atoms with Crippen LogP contribution in [0.25, 0.3) is 0 Å².